The standard InChI is InChI=1S/C7H15NS/c1-8-5-3-4-7(6-8)9-2/h7H,3-6H2,1-2H3. The molecule has 1 rings (SSSR count). The summed E-state index contributed by atoms with van der Waals surface area (Å²) < 4.78 is 0. The number of hydrogen-bond acceptors (Lipinski definition) is 2. The molecule has 1 aliphatic rings. The maximum Gasteiger partial charge on any atom is 0.0172 e. The van der Waals surface area contributed by atoms with E-state index in [9.17, 15) is 0 Å². The number of piperidine rings is 1. The van der Waals surface area contributed by atoms with Crippen molar-refractivity contribution in [1.29, 1.82) is 0 Å². The minimum atomic E-state index is 0.906. The minimum absolute atomic E-state index is 0.906. The molecule has 2 heteroatoms. The van der Waals surface area contributed by atoms with Crippen molar-refractivity contribution in [2.24, 2.45) is 0 Å². The van der Waals surface area contributed by atoms with Gasteiger partial charge >= 0.3 is 0 Å². The summed E-state index contributed by atoms with van der Waals surface area (Å²) in [5.41, 5.74) is 0. The first-order valence-corrected chi connectivity index (χ1v) is 4.83. The molecule has 54 valence electrons. The lowest BCUT2D eigenvalue weighted by Crippen LogP contribution is -2.33. The Morgan fingerprint density at radius 3 is 2.78 bits per heavy atom. The summed E-state index contributed by atoms with van der Waals surface area (Å²) in [7, 11) is 2.21. The zero-order valence-electron chi connectivity index (χ0n) is 6.26. The van der Waals surface area contributed by atoms with Gasteiger partial charge in [0, 0.05) is 11.8 Å². The van der Waals surface area contributed by atoms with E-state index in [0.29, 0.717) is 0 Å². The van der Waals surface area contributed by atoms with Crippen molar-refractivity contribution in [3.8, 4) is 0 Å². The molecule has 0 saturated carbocycles. The van der Waals surface area contributed by atoms with Gasteiger partial charge in [-0.3, -0.25) is 0 Å². The lowest BCUT2D eigenvalue weighted by Gasteiger charge is -2.28. The highest BCUT2D eigenvalue weighted by Crippen LogP contribution is 2.18. The van der Waals surface area contributed by atoms with Crippen molar-refractivity contribution in [2.75, 3.05) is 26.4 Å². The van der Waals surface area contributed by atoms with Crippen molar-refractivity contribution >= 4 is 11.8 Å². The molecule has 1 nitrogen and oxygen atoms in total. The van der Waals surface area contributed by atoms with E-state index < -0.39 is 0 Å². The molecule has 9 heavy (non-hydrogen) atoms. The zero-order valence-corrected chi connectivity index (χ0v) is 7.08. The Bertz CT molecular complexity index is 85.0. The number of hydrogen-bond donors (Lipinski definition) is 0. The maximum atomic E-state index is 2.42. The van der Waals surface area contributed by atoms with Crippen LogP contribution in [0.5, 0.6) is 0 Å². The molecular weight excluding hydrogens is 130 g/mol. The molecule has 0 bridgehead atoms. The van der Waals surface area contributed by atoms with Gasteiger partial charge in [-0.15, -0.1) is 0 Å². The van der Waals surface area contributed by atoms with Crippen LogP contribution in [0, 0.1) is 0 Å². The van der Waals surface area contributed by atoms with Crippen LogP contribution in [0.4, 0.5) is 0 Å². The van der Waals surface area contributed by atoms with E-state index in [2.05, 4.69) is 18.2 Å². The number of rotatable bonds is 1. The monoisotopic (exact) mass is 145 g/mol. The van der Waals surface area contributed by atoms with E-state index in [0.717, 1.165) is 5.25 Å². The van der Waals surface area contributed by atoms with E-state index in [1.807, 2.05) is 11.8 Å². The van der Waals surface area contributed by atoms with E-state index in [4.69, 9.17) is 0 Å². The highest BCUT2D eigenvalue weighted by Gasteiger charge is 2.14. The fourth-order valence-corrected chi connectivity index (χ4v) is 2.12. The fourth-order valence-electron chi connectivity index (χ4n) is 1.31. The van der Waals surface area contributed by atoms with Crippen LogP contribution in [0.15, 0.2) is 0 Å². The van der Waals surface area contributed by atoms with Gasteiger partial charge in [0.15, 0.2) is 0 Å². The van der Waals surface area contributed by atoms with Crippen LogP contribution in [-0.2, 0) is 0 Å². The maximum absolute atomic E-state index is 2.42. The lowest BCUT2D eigenvalue weighted by atomic mass is 10.1. The summed E-state index contributed by atoms with van der Waals surface area (Å²) in [6.07, 6.45) is 5.03. The second-order valence-electron chi connectivity index (χ2n) is 2.76. The molecule has 0 N–H and O–H groups in total. The smallest absolute Gasteiger partial charge is 0.0172 e. The normalized spacial score (nSPS) is 30.7. The second-order valence-corrected chi connectivity index (χ2v) is 3.90. The first kappa shape index (κ1) is 7.42. The van der Waals surface area contributed by atoms with Gasteiger partial charge in [0.25, 0.3) is 0 Å². The summed E-state index contributed by atoms with van der Waals surface area (Å²) >= 11 is 2.01. The molecular formula is C7H15NS. The molecule has 0 aromatic heterocycles. The predicted octanol–water partition coefficient (Wildman–Crippen LogP) is 1.44. The van der Waals surface area contributed by atoms with Gasteiger partial charge in [-0.05, 0) is 32.7 Å². The molecule has 0 aromatic rings. The van der Waals surface area contributed by atoms with E-state index >= 15 is 0 Å². The van der Waals surface area contributed by atoms with Crippen molar-refractivity contribution in [1.82, 2.24) is 4.90 Å². The highest BCUT2D eigenvalue weighted by molar-refractivity contribution is 7.99. The van der Waals surface area contributed by atoms with Crippen LogP contribution >= 0.6 is 11.8 Å². The molecule has 0 aliphatic carbocycles. The number of nitrogens with zero attached hydrogens (tertiary/aromatic N) is 1. The van der Waals surface area contributed by atoms with Crippen LogP contribution in [0.25, 0.3) is 0 Å². The summed E-state index contributed by atoms with van der Waals surface area (Å²) in [6.45, 7) is 2.60. The molecule has 0 aromatic carbocycles. The van der Waals surface area contributed by atoms with Crippen LogP contribution in [0.1, 0.15) is 12.8 Å². The summed E-state index contributed by atoms with van der Waals surface area (Å²) in [5.74, 6) is 0. The zero-order chi connectivity index (χ0) is 6.69. The Hall–Kier alpha value is 0.310. The third kappa shape index (κ3) is 2.18. The van der Waals surface area contributed by atoms with Gasteiger partial charge in [-0.25, -0.2) is 0 Å². The quantitative estimate of drug-likeness (QED) is 0.549. The third-order valence-corrected chi connectivity index (χ3v) is 2.97. The van der Waals surface area contributed by atoms with Gasteiger partial charge in [0.1, 0.15) is 0 Å². The number of thioether (sulfide) groups is 1. The summed E-state index contributed by atoms with van der Waals surface area (Å²) in [6, 6.07) is 0. The van der Waals surface area contributed by atoms with Crippen LogP contribution in [-0.4, -0.2) is 36.5 Å². The largest absolute Gasteiger partial charge is 0.305 e. The first-order valence-electron chi connectivity index (χ1n) is 3.54. The first-order chi connectivity index (χ1) is 4.33. The fraction of sp³-hybridized carbons (Fsp3) is 1.00. The second kappa shape index (κ2) is 3.47. The van der Waals surface area contributed by atoms with Crippen LogP contribution in [0.2, 0.25) is 0 Å². The van der Waals surface area contributed by atoms with E-state index in [-0.39, 0.29) is 0 Å². The molecule has 1 heterocycles. The molecule has 0 spiro atoms. The Labute approximate surface area is 61.8 Å². The summed E-state index contributed by atoms with van der Waals surface area (Å²) in [5, 5.41) is 0.906. The molecule has 1 unspecified atom stereocenters. The minimum Gasteiger partial charge on any atom is -0.305 e. The predicted molar refractivity (Wildman–Crippen MR) is 44.0 cm³/mol. The molecule has 1 saturated heterocycles. The molecule has 1 fully saturated rings. The number of likely N-dealkylation sites (tertiary alicyclic amines) is 1. The van der Waals surface area contributed by atoms with E-state index in [1.165, 1.54) is 25.9 Å². The van der Waals surface area contributed by atoms with Gasteiger partial charge < -0.3 is 4.90 Å². The Balaban J connectivity index is 2.23. The van der Waals surface area contributed by atoms with Gasteiger partial charge in [0.05, 0.1) is 0 Å². The Morgan fingerprint density at radius 1 is 1.56 bits per heavy atom. The average molecular weight is 145 g/mol. The van der Waals surface area contributed by atoms with Crippen LogP contribution in [0.3, 0.4) is 0 Å². The van der Waals surface area contributed by atoms with Crippen LogP contribution < -0.4 is 0 Å². The topological polar surface area (TPSA) is 3.24 Å². The summed E-state index contributed by atoms with van der Waals surface area (Å²) in [4.78, 5) is 2.42. The van der Waals surface area contributed by atoms with Gasteiger partial charge in [-0.1, -0.05) is 0 Å². The Morgan fingerprint density at radius 2 is 2.33 bits per heavy atom. The van der Waals surface area contributed by atoms with Crippen molar-refractivity contribution in [3.63, 3.8) is 0 Å². The van der Waals surface area contributed by atoms with E-state index in [1.54, 1.807) is 0 Å². The SMILES string of the molecule is CSC1CCCN(C)C1. The molecule has 1 aliphatic heterocycles. The molecule has 1 atom stereocenters. The Kier molecular flexibility index (Phi) is 2.86. The molecule has 0 radical (unpaired) electrons. The van der Waals surface area contributed by atoms with Crippen molar-refractivity contribution in [3.05, 3.63) is 0 Å². The third-order valence-electron chi connectivity index (χ3n) is 1.91. The lowest BCUT2D eigenvalue weighted by molar-refractivity contribution is 0.283. The average Bonchev–Trinajstić information content (AvgIpc) is 1.88. The van der Waals surface area contributed by atoms with Crippen molar-refractivity contribution < 1.29 is 0 Å². The van der Waals surface area contributed by atoms with Gasteiger partial charge in [0.2, 0.25) is 0 Å². The molecule has 0 amide bonds. The van der Waals surface area contributed by atoms with Gasteiger partial charge in [-0.2, -0.15) is 11.8 Å². The van der Waals surface area contributed by atoms with Crippen molar-refractivity contribution in [2.45, 2.75) is 18.1 Å². The highest BCUT2D eigenvalue weighted by atomic mass is 32.2.